The second-order valence-corrected chi connectivity index (χ2v) is 10.6. The van der Waals surface area contributed by atoms with Crippen molar-refractivity contribution in [3.05, 3.63) is 47.8 Å². The van der Waals surface area contributed by atoms with E-state index < -0.39 is 0 Å². The highest BCUT2D eigenvalue weighted by Crippen LogP contribution is 2.59. The molecular formula is C27H32N4O. The molecule has 4 fully saturated rings. The van der Waals surface area contributed by atoms with Crippen LogP contribution in [0.4, 0.5) is 0 Å². The predicted molar refractivity (Wildman–Crippen MR) is 126 cm³/mol. The van der Waals surface area contributed by atoms with Crippen LogP contribution < -0.4 is 5.32 Å². The van der Waals surface area contributed by atoms with E-state index in [-0.39, 0.29) is 5.91 Å². The van der Waals surface area contributed by atoms with Crippen molar-refractivity contribution in [3.63, 3.8) is 0 Å². The first-order valence-corrected chi connectivity index (χ1v) is 12.2. The zero-order chi connectivity index (χ0) is 21.9. The topological polar surface area (TPSA) is 59.8 Å². The molecule has 0 spiro atoms. The lowest BCUT2D eigenvalue weighted by atomic mass is 9.49. The summed E-state index contributed by atoms with van der Waals surface area (Å²) in [5.74, 6) is 2.71. The smallest absolute Gasteiger partial charge is 0.252 e. The van der Waals surface area contributed by atoms with E-state index in [0.717, 1.165) is 64.3 Å². The Kier molecular flexibility index (Phi) is 4.63. The van der Waals surface area contributed by atoms with E-state index in [2.05, 4.69) is 24.3 Å². The summed E-state index contributed by atoms with van der Waals surface area (Å²) >= 11 is 0. The fraction of sp³-hybridized carbons (Fsp3) is 0.519. The Bertz CT molecular complexity index is 1160. The first-order valence-electron chi connectivity index (χ1n) is 12.2. The van der Waals surface area contributed by atoms with Gasteiger partial charge in [0.05, 0.1) is 23.0 Å². The summed E-state index contributed by atoms with van der Waals surface area (Å²) in [7, 11) is 0. The molecule has 0 aliphatic heterocycles. The second kappa shape index (κ2) is 7.43. The summed E-state index contributed by atoms with van der Waals surface area (Å²) in [5, 5.41) is 8.77. The molecule has 0 radical (unpaired) electrons. The normalized spacial score (nSPS) is 28.4. The van der Waals surface area contributed by atoms with Crippen LogP contribution in [-0.4, -0.2) is 27.2 Å². The Morgan fingerprint density at radius 1 is 1.12 bits per heavy atom. The third-order valence-corrected chi connectivity index (χ3v) is 8.43. The number of carbonyl (C=O) groups excluding carboxylic acids is 1. The van der Waals surface area contributed by atoms with Crippen molar-refractivity contribution in [2.75, 3.05) is 6.54 Å². The van der Waals surface area contributed by atoms with Gasteiger partial charge in [-0.1, -0.05) is 18.2 Å². The summed E-state index contributed by atoms with van der Waals surface area (Å²) in [4.78, 5) is 18.4. The maximum absolute atomic E-state index is 13.5. The molecule has 0 unspecified atom stereocenters. The maximum atomic E-state index is 13.5. The molecule has 166 valence electrons. The maximum Gasteiger partial charge on any atom is 0.252 e. The van der Waals surface area contributed by atoms with Crippen LogP contribution in [0, 0.1) is 30.1 Å². The molecule has 0 saturated heterocycles. The summed E-state index contributed by atoms with van der Waals surface area (Å²) in [6.07, 6.45) is 10.1. The number of hydrogen-bond acceptors (Lipinski definition) is 3. The number of aromatic nitrogens is 3. The highest BCUT2D eigenvalue weighted by atomic mass is 16.1. The molecule has 3 aromatic rings. The monoisotopic (exact) mass is 428 g/mol. The first kappa shape index (κ1) is 20.0. The molecule has 4 aliphatic rings. The van der Waals surface area contributed by atoms with E-state index in [1.165, 1.54) is 38.5 Å². The lowest BCUT2D eigenvalue weighted by Gasteiger charge is -2.56. The zero-order valence-electron chi connectivity index (χ0n) is 19.1. The van der Waals surface area contributed by atoms with E-state index in [4.69, 9.17) is 4.98 Å². The number of aryl methyl sites for hydroxylation is 1. The van der Waals surface area contributed by atoms with Gasteiger partial charge in [0.15, 0.2) is 0 Å². The van der Waals surface area contributed by atoms with Gasteiger partial charge in [-0.2, -0.15) is 5.10 Å². The Morgan fingerprint density at radius 3 is 2.47 bits per heavy atom. The highest BCUT2D eigenvalue weighted by Gasteiger charge is 2.50. The molecule has 4 bridgehead atoms. The van der Waals surface area contributed by atoms with Gasteiger partial charge in [-0.25, -0.2) is 4.98 Å². The summed E-state index contributed by atoms with van der Waals surface area (Å²) in [6.45, 7) is 5.78. The number of carbonyl (C=O) groups is 1. The number of hydrogen-bond donors (Lipinski definition) is 1. The first-order chi connectivity index (χ1) is 15.5. The Balaban J connectivity index is 1.32. The molecule has 5 nitrogen and oxygen atoms in total. The molecule has 4 aliphatic carbocycles. The molecule has 4 saturated carbocycles. The van der Waals surface area contributed by atoms with Crippen LogP contribution in [0.15, 0.2) is 36.5 Å². The summed E-state index contributed by atoms with van der Waals surface area (Å²) in [5.41, 5.74) is 4.80. The van der Waals surface area contributed by atoms with Crippen LogP contribution >= 0.6 is 0 Å². The van der Waals surface area contributed by atoms with Crippen molar-refractivity contribution >= 4 is 16.8 Å². The molecule has 2 heterocycles. The fourth-order valence-corrected chi connectivity index (χ4v) is 7.39. The van der Waals surface area contributed by atoms with E-state index >= 15 is 0 Å². The Morgan fingerprint density at radius 2 is 1.81 bits per heavy atom. The molecule has 1 N–H and O–H groups in total. The number of rotatable bonds is 5. The Hall–Kier alpha value is -2.69. The molecule has 0 atom stereocenters. The number of nitrogens with one attached hydrogen (secondary N) is 1. The van der Waals surface area contributed by atoms with Gasteiger partial charge in [-0.05, 0) is 87.7 Å². The lowest BCUT2D eigenvalue weighted by Crippen LogP contribution is -2.51. The van der Waals surface area contributed by atoms with Gasteiger partial charge >= 0.3 is 0 Å². The third-order valence-electron chi connectivity index (χ3n) is 8.43. The highest BCUT2D eigenvalue weighted by molar-refractivity contribution is 6.07. The van der Waals surface area contributed by atoms with Crippen LogP contribution in [0.1, 0.15) is 61.5 Å². The lowest BCUT2D eigenvalue weighted by molar-refractivity contribution is -0.0503. The number of amides is 1. The number of benzene rings is 1. The van der Waals surface area contributed by atoms with Gasteiger partial charge in [-0.15, -0.1) is 0 Å². The van der Waals surface area contributed by atoms with E-state index in [1.54, 1.807) is 0 Å². The van der Waals surface area contributed by atoms with E-state index in [0.29, 0.717) is 5.41 Å². The quantitative estimate of drug-likeness (QED) is 0.594. The molecular weight excluding hydrogens is 396 g/mol. The van der Waals surface area contributed by atoms with Gasteiger partial charge < -0.3 is 5.32 Å². The fourth-order valence-electron chi connectivity index (χ4n) is 7.39. The van der Waals surface area contributed by atoms with Crippen molar-refractivity contribution in [2.24, 2.45) is 23.2 Å². The third kappa shape index (κ3) is 3.25. The molecule has 2 aromatic heterocycles. The molecule has 32 heavy (non-hydrogen) atoms. The average molecular weight is 429 g/mol. The number of nitrogens with zero attached hydrogens (tertiary/aromatic N) is 3. The SMILES string of the molecule is CCn1ncc(-c2cc(C(=O)NCC34CC5CC(CC(C5)C3)C4)c3ccccc3n2)c1C. The minimum absolute atomic E-state index is 0.0288. The minimum atomic E-state index is 0.0288. The van der Waals surface area contributed by atoms with E-state index in [9.17, 15) is 4.79 Å². The number of para-hydroxylation sites is 1. The van der Waals surface area contributed by atoms with Crippen LogP contribution in [0.25, 0.3) is 22.2 Å². The van der Waals surface area contributed by atoms with Crippen LogP contribution in [0.3, 0.4) is 0 Å². The van der Waals surface area contributed by atoms with Gasteiger partial charge in [0.1, 0.15) is 0 Å². The van der Waals surface area contributed by atoms with Gasteiger partial charge in [-0.3, -0.25) is 9.48 Å². The number of fused-ring (bicyclic) bond motifs is 1. The Labute approximate surface area is 189 Å². The van der Waals surface area contributed by atoms with Crippen molar-refractivity contribution < 1.29 is 4.79 Å². The second-order valence-electron chi connectivity index (χ2n) is 10.6. The van der Waals surface area contributed by atoms with Gasteiger partial charge in [0, 0.05) is 29.7 Å². The van der Waals surface area contributed by atoms with Crippen molar-refractivity contribution in [1.29, 1.82) is 0 Å². The largest absolute Gasteiger partial charge is 0.351 e. The molecule has 1 aromatic carbocycles. The van der Waals surface area contributed by atoms with E-state index in [1.807, 2.05) is 41.2 Å². The standard InChI is InChI=1S/C27H32N4O/c1-3-31-17(2)23(15-29-31)25-11-22(21-6-4-5-7-24(21)30-25)26(32)28-16-27-12-18-8-19(13-27)10-20(9-18)14-27/h4-7,11,15,18-20H,3,8-10,12-14,16H2,1-2H3,(H,28,32). The zero-order valence-corrected chi connectivity index (χ0v) is 19.1. The van der Waals surface area contributed by atoms with Gasteiger partial charge in [0.25, 0.3) is 5.91 Å². The van der Waals surface area contributed by atoms with Crippen molar-refractivity contribution in [2.45, 2.75) is 58.9 Å². The summed E-state index contributed by atoms with van der Waals surface area (Å²) < 4.78 is 1.97. The van der Waals surface area contributed by atoms with Crippen LogP contribution in [0.5, 0.6) is 0 Å². The molecule has 7 rings (SSSR count). The predicted octanol–water partition coefficient (Wildman–Crippen LogP) is 5.37. The van der Waals surface area contributed by atoms with Gasteiger partial charge in [0.2, 0.25) is 0 Å². The average Bonchev–Trinajstić information content (AvgIpc) is 3.16. The van der Waals surface area contributed by atoms with Crippen molar-refractivity contribution in [3.8, 4) is 11.3 Å². The molecule has 5 heteroatoms. The van der Waals surface area contributed by atoms with Crippen LogP contribution in [0.2, 0.25) is 0 Å². The number of pyridine rings is 1. The summed E-state index contributed by atoms with van der Waals surface area (Å²) in [6, 6.07) is 9.93. The van der Waals surface area contributed by atoms with Crippen LogP contribution in [-0.2, 0) is 6.54 Å². The molecule has 1 amide bonds. The van der Waals surface area contributed by atoms with Crippen molar-refractivity contribution in [1.82, 2.24) is 20.1 Å². The minimum Gasteiger partial charge on any atom is -0.351 e.